The lowest BCUT2D eigenvalue weighted by molar-refractivity contribution is 0.0446. The Bertz CT molecular complexity index is 744. The molecule has 1 saturated heterocycles. The molecule has 1 atom stereocenters. The highest BCUT2D eigenvalue weighted by molar-refractivity contribution is 6.01. The van der Waals surface area contributed by atoms with E-state index in [2.05, 4.69) is 10.3 Å². The highest BCUT2D eigenvalue weighted by Gasteiger charge is 2.24. The van der Waals surface area contributed by atoms with E-state index < -0.39 is 0 Å². The van der Waals surface area contributed by atoms with Crippen LogP contribution in [0, 0.1) is 5.82 Å². The van der Waals surface area contributed by atoms with Crippen LogP contribution >= 0.6 is 0 Å². The van der Waals surface area contributed by atoms with E-state index in [0.717, 1.165) is 5.56 Å². The first kappa shape index (κ1) is 15.9. The first-order valence-electron chi connectivity index (χ1n) is 8.18. The molecule has 0 N–H and O–H groups in total. The van der Waals surface area contributed by atoms with Crippen LogP contribution in [0.15, 0.2) is 40.2 Å². The monoisotopic (exact) mass is 347 g/mol. The maximum absolute atomic E-state index is 14.5. The molecule has 0 radical (unpaired) electrons. The molecule has 4 rings (SSSR count). The molecule has 8 heteroatoms. The van der Waals surface area contributed by atoms with Gasteiger partial charge in [-0.25, -0.2) is 4.39 Å². The van der Waals surface area contributed by atoms with Gasteiger partial charge in [-0.05, 0) is 17.3 Å². The summed E-state index contributed by atoms with van der Waals surface area (Å²) in [5.74, 6) is 0.141. The Morgan fingerprint density at radius 1 is 1.24 bits per heavy atom. The van der Waals surface area contributed by atoms with E-state index in [1.165, 1.54) is 12.3 Å². The number of halogens is 1. The number of ether oxygens (including phenoxy) is 2. The number of nitrogens with zero attached hydrogens (tertiary/aromatic N) is 3. The summed E-state index contributed by atoms with van der Waals surface area (Å²) >= 11 is 0. The Hall–Kier alpha value is -2.61. The van der Waals surface area contributed by atoms with Gasteiger partial charge < -0.3 is 23.7 Å². The summed E-state index contributed by atoms with van der Waals surface area (Å²) in [6.45, 7) is 2.93. The SMILES string of the molecule is Fc1cc(C2=NO[C@H](COc3ccon3)C2)ccc1N1CCOCC1. The van der Waals surface area contributed by atoms with Crippen molar-refractivity contribution >= 4 is 11.4 Å². The molecule has 2 aromatic rings. The topological polar surface area (TPSA) is 69.3 Å². The van der Waals surface area contributed by atoms with Crippen LogP contribution in [0.1, 0.15) is 12.0 Å². The lowest BCUT2D eigenvalue weighted by Gasteiger charge is -2.29. The van der Waals surface area contributed by atoms with Crippen LogP contribution in [-0.2, 0) is 9.57 Å². The second-order valence-corrected chi connectivity index (χ2v) is 5.88. The van der Waals surface area contributed by atoms with Gasteiger partial charge in [0.2, 0.25) is 0 Å². The Labute approximate surface area is 143 Å². The molecule has 2 aliphatic heterocycles. The Morgan fingerprint density at radius 3 is 2.88 bits per heavy atom. The smallest absolute Gasteiger partial charge is 0.254 e. The molecule has 0 bridgehead atoms. The molecule has 1 aromatic carbocycles. The summed E-state index contributed by atoms with van der Waals surface area (Å²) in [5, 5.41) is 7.73. The molecule has 0 amide bonds. The van der Waals surface area contributed by atoms with E-state index in [0.29, 0.717) is 56.6 Å². The molecule has 25 heavy (non-hydrogen) atoms. The number of benzene rings is 1. The van der Waals surface area contributed by atoms with Gasteiger partial charge in [-0.15, -0.1) is 0 Å². The zero-order valence-electron chi connectivity index (χ0n) is 13.6. The Morgan fingerprint density at radius 2 is 2.12 bits per heavy atom. The fraction of sp³-hybridized carbons (Fsp3) is 0.412. The molecule has 1 fully saturated rings. The Kier molecular flexibility index (Phi) is 4.51. The summed E-state index contributed by atoms with van der Waals surface area (Å²) in [4.78, 5) is 7.35. The summed E-state index contributed by atoms with van der Waals surface area (Å²) in [7, 11) is 0. The maximum atomic E-state index is 14.5. The fourth-order valence-corrected chi connectivity index (χ4v) is 2.89. The van der Waals surface area contributed by atoms with Gasteiger partial charge in [0.15, 0.2) is 6.10 Å². The van der Waals surface area contributed by atoms with Crippen LogP contribution < -0.4 is 9.64 Å². The van der Waals surface area contributed by atoms with E-state index >= 15 is 0 Å². The average Bonchev–Trinajstić information content (AvgIpc) is 3.32. The van der Waals surface area contributed by atoms with Gasteiger partial charge >= 0.3 is 0 Å². The van der Waals surface area contributed by atoms with Crippen molar-refractivity contribution in [3.8, 4) is 5.88 Å². The first-order valence-corrected chi connectivity index (χ1v) is 8.18. The second kappa shape index (κ2) is 7.10. The fourth-order valence-electron chi connectivity index (χ4n) is 2.89. The summed E-state index contributed by atoms with van der Waals surface area (Å²) in [6, 6.07) is 6.79. The lowest BCUT2D eigenvalue weighted by Crippen LogP contribution is -2.36. The largest absolute Gasteiger partial charge is 0.471 e. The lowest BCUT2D eigenvalue weighted by atomic mass is 10.0. The zero-order chi connectivity index (χ0) is 17.1. The van der Waals surface area contributed by atoms with Gasteiger partial charge in [-0.2, -0.15) is 0 Å². The van der Waals surface area contributed by atoms with E-state index in [1.807, 2.05) is 11.0 Å². The minimum Gasteiger partial charge on any atom is -0.471 e. The second-order valence-electron chi connectivity index (χ2n) is 5.88. The van der Waals surface area contributed by atoms with Crippen molar-refractivity contribution in [1.82, 2.24) is 5.16 Å². The van der Waals surface area contributed by atoms with Gasteiger partial charge in [0.1, 0.15) is 18.7 Å². The summed E-state index contributed by atoms with van der Waals surface area (Å²) in [5.41, 5.74) is 2.03. The van der Waals surface area contributed by atoms with Crippen molar-refractivity contribution in [2.75, 3.05) is 37.8 Å². The molecule has 7 nitrogen and oxygen atoms in total. The average molecular weight is 347 g/mol. The van der Waals surface area contributed by atoms with Crippen LogP contribution in [0.4, 0.5) is 10.1 Å². The van der Waals surface area contributed by atoms with Gasteiger partial charge in [-0.1, -0.05) is 11.2 Å². The first-order chi connectivity index (χ1) is 12.3. The van der Waals surface area contributed by atoms with Crippen LogP contribution in [0.2, 0.25) is 0 Å². The molecular formula is C17H18FN3O4. The van der Waals surface area contributed by atoms with Crippen LogP contribution in [0.5, 0.6) is 5.88 Å². The third-order valence-electron chi connectivity index (χ3n) is 4.20. The molecule has 1 aromatic heterocycles. The number of aromatic nitrogens is 1. The number of anilines is 1. The minimum atomic E-state index is -0.260. The normalized spacial score (nSPS) is 20.3. The molecule has 3 heterocycles. The zero-order valence-corrected chi connectivity index (χ0v) is 13.6. The van der Waals surface area contributed by atoms with E-state index in [4.69, 9.17) is 18.8 Å². The quantitative estimate of drug-likeness (QED) is 0.826. The number of rotatable bonds is 5. The van der Waals surface area contributed by atoms with Gasteiger partial charge in [0, 0.05) is 31.1 Å². The molecule has 0 unspecified atom stereocenters. The summed E-state index contributed by atoms with van der Waals surface area (Å²) in [6.07, 6.45) is 1.76. The standard InChI is InChI=1S/C17H18FN3O4/c18-14-9-12(1-2-16(14)21-4-7-22-8-5-21)15-10-13(25-19-15)11-23-17-3-6-24-20-17/h1-3,6,9,13H,4-5,7-8,10-11H2/t13-/m0/s1. The Balaban J connectivity index is 1.38. The van der Waals surface area contributed by atoms with Crippen molar-refractivity contribution in [3.05, 3.63) is 41.9 Å². The number of morpholine rings is 1. The van der Waals surface area contributed by atoms with Crippen molar-refractivity contribution < 1.29 is 23.2 Å². The number of oxime groups is 1. The molecule has 0 saturated carbocycles. The highest BCUT2D eigenvalue weighted by atomic mass is 19.1. The molecular weight excluding hydrogens is 329 g/mol. The van der Waals surface area contributed by atoms with Gasteiger partial charge in [0.05, 0.1) is 24.6 Å². The van der Waals surface area contributed by atoms with Crippen molar-refractivity contribution in [3.63, 3.8) is 0 Å². The van der Waals surface area contributed by atoms with Crippen LogP contribution in [-0.4, -0.2) is 49.9 Å². The van der Waals surface area contributed by atoms with Crippen LogP contribution in [0.25, 0.3) is 0 Å². The van der Waals surface area contributed by atoms with E-state index in [9.17, 15) is 4.39 Å². The minimum absolute atomic E-state index is 0.228. The van der Waals surface area contributed by atoms with Crippen LogP contribution in [0.3, 0.4) is 0 Å². The van der Waals surface area contributed by atoms with E-state index in [-0.39, 0.29) is 11.9 Å². The summed E-state index contributed by atoms with van der Waals surface area (Å²) < 4.78 is 29.9. The van der Waals surface area contributed by atoms with Crippen molar-refractivity contribution in [2.24, 2.45) is 5.16 Å². The highest BCUT2D eigenvalue weighted by Crippen LogP contribution is 2.24. The van der Waals surface area contributed by atoms with E-state index in [1.54, 1.807) is 12.1 Å². The predicted octanol–water partition coefficient (Wildman–Crippen LogP) is 2.22. The predicted molar refractivity (Wildman–Crippen MR) is 87.5 cm³/mol. The number of hydrogen-bond donors (Lipinski definition) is 0. The molecule has 132 valence electrons. The van der Waals surface area contributed by atoms with Gasteiger partial charge in [-0.3, -0.25) is 0 Å². The maximum Gasteiger partial charge on any atom is 0.254 e. The van der Waals surface area contributed by atoms with Crippen molar-refractivity contribution in [1.29, 1.82) is 0 Å². The molecule has 2 aliphatic rings. The molecule has 0 aliphatic carbocycles. The van der Waals surface area contributed by atoms with Crippen molar-refractivity contribution in [2.45, 2.75) is 12.5 Å². The molecule has 0 spiro atoms. The number of hydrogen-bond acceptors (Lipinski definition) is 7. The van der Waals surface area contributed by atoms with Gasteiger partial charge in [0.25, 0.3) is 5.88 Å². The third-order valence-corrected chi connectivity index (χ3v) is 4.20. The third kappa shape index (κ3) is 3.58.